The lowest BCUT2D eigenvalue weighted by Gasteiger charge is -2.42. The summed E-state index contributed by atoms with van der Waals surface area (Å²) in [4.78, 5) is 2.45. The molecule has 0 amide bonds. The third-order valence-electron chi connectivity index (χ3n) is 8.03. The van der Waals surface area contributed by atoms with Crippen LogP contribution in [0.2, 0.25) is 0 Å². The molecule has 38 heavy (non-hydrogen) atoms. The first-order valence-corrected chi connectivity index (χ1v) is 13.3. The van der Waals surface area contributed by atoms with E-state index in [1.54, 1.807) is 0 Å². The SMILES string of the molecule is CC1(C)c2cc(-c3ccccc3)ccc2N(c2ccc3ccccc3c2)c2ccc(-c3ccccc3)cc21. The van der Waals surface area contributed by atoms with E-state index in [9.17, 15) is 0 Å². The maximum atomic E-state index is 2.45. The van der Waals surface area contributed by atoms with Crippen LogP contribution in [0.5, 0.6) is 0 Å². The zero-order valence-electron chi connectivity index (χ0n) is 21.7. The summed E-state index contributed by atoms with van der Waals surface area (Å²) in [6, 6.07) is 50.7. The van der Waals surface area contributed by atoms with E-state index in [0.717, 1.165) is 0 Å². The number of nitrogens with zero attached hydrogens (tertiary/aromatic N) is 1. The molecule has 6 aromatic carbocycles. The average Bonchev–Trinajstić information content (AvgIpc) is 2.98. The Kier molecular flexibility index (Phi) is 5.19. The molecular formula is C37H29N. The second-order valence-corrected chi connectivity index (χ2v) is 10.7. The van der Waals surface area contributed by atoms with Crippen LogP contribution in [0.4, 0.5) is 17.1 Å². The lowest BCUT2D eigenvalue weighted by atomic mass is 9.72. The second kappa shape index (κ2) is 8.75. The van der Waals surface area contributed by atoms with Crippen LogP contribution in [0.3, 0.4) is 0 Å². The highest BCUT2D eigenvalue weighted by atomic mass is 15.2. The Labute approximate surface area is 224 Å². The highest BCUT2D eigenvalue weighted by molar-refractivity contribution is 5.93. The Morgan fingerprint density at radius 2 is 0.921 bits per heavy atom. The van der Waals surface area contributed by atoms with Crippen molar-refractivity contribution in [1.29, 1.82) is 0 Å². The van der Waals surface area contributed by atoms with Gasteiger partial charge in [0.25, 0.3) is 0 Å². The Morgan fingerprint density at radius 3 is 1.47 bits per heavy atom. The topological polar surface area (TPSA) is 3.24 Å². The first-order chi connectivity index (χ1) is 18.6. The summed E-state index contributed by atoms with van der Waals surface area (Å²) >= 11 is 0. The van der Waals surface area contributed by atoms with Crippen LogP contribution in [-0.2, 0) is 5.41 Å². The van der Waals surface area contributed by atoms with Gasteiger partial charge >= 0.3 is 0 Å². The van der Waals surface area contributed by atoms with Crippen LogP contribution in [-0.4, -0.2) is 0 Å². The van der Waals surface area contributed by atoms with Gasteiger partial charge in [0.1, 0.15) is 0 Å². The molecule has 0 radical (unpaired) electrons. The minimum Gasteiger partial charge on any atom is -0.310 e. The fraction of sp³-hybridized carbons (Fsp3) is 0.0811. The number of benzene rings is 6. The van der Waals surface area contributed by atoms with Crippen molar-refractivity contribution in [3.8, 4) is 22.3 Å². The Morgan fingerprint density at radius 1 is 0.421 bits per heavy atom. The molecule has 0 atom stereocenters. The van der Waals surface area contributed by atoms with E-state index in [0.29, 0.717) is 0 Å². The first-order valence-electron chi connectivity index (χ1n) is 13.3. The van der Waals surface area contributed by atoms with Crippen molar-refractivity contribution in [2.24, 2.45) is 0 Å². The van der Waals surface area contributed by atoms with Crippen molar-refractivity contribution in [2.45, 2.75) is 19.3 Å². The summed E-state index contributed by atoms with van der Waals surface area (Å²) in [5.41, 5.74) is 11.1. The fourth-order valence-corrected chi connectivity index (χ4v) is 5.95. The molecule has 182 valence electrons. The largest absolute Gasteiger partial charge is 0.310 e. The summed E-state index contributed by atoms with van der Waals surface area (Å²) < 4.78 is 0. The predicted molar refractivity (Wildman–Crippen MR) is 162 cm³/mol. The van der Waals surface area contributed by atoms with E-state index in [4.69, 9.17) is 0 Å². The molecule has 6 aromatic rings. The van der Waals surface area contributed by atoms with Gasteiger partial charge in [-0.1, -0.05) is 117 Å². The third-order valence-corrected chi connectivity index (χ3v) is 8.03. The zero-order valence-corrected chi connectivity index (χ0v) is 21.7. The smallest absolute Gasteiger partial charge is 0.0503 e. The summed E-state index contributed by atoms with van der Waals surface area (Å²) in [6.45, 7) is 4.73. The molecule has 0 aromatic heterocycles. The summed E-state index contributed by atoms with van der Waals surface area (Å²) in [7, 11) is 0. The first kappa shape index (κ1) is 22.6. The molecule has 0 spiro atoms. The number of hydrogen-bond donors (Lipinski definition) is 0. The monoisotopic (exact) mass is 487 g/mol. The quantitative estimate of drug-likeness (QED) is 0.240. The van der Waals surface area contributed by atoms with Gasteiger partial charge in [0.05, 0.1) is 11.4 Å². The lowest BCUT2D eigenvalue weighted by Crippen LogP contribution is -2.30. The highest BCUT2D eigenvalue weighted by Crippen LogP contribution is 2.53. The number of anilines is 3. The van der Waals surface area contributed by atoms with Crippen LogP contribution < -0.4 is 4.90 Å². The van der Waals surface area contributed by atoms with Crippen LogP contribution >= 0.6 is 0 Å². The fourth-order valence-electron chi connectivity index (χ4n) is 5.95. The van der Waals surface area contributed by atoms with Crippen LogP contribution in [0.25, 0.3) is 33.0 Å². The Bertz CT molecular complexity index is 1690. The van der Waals surface area contributed by atoms with Gasteiger partial charge in [0.15, 0.2) is 0 Å². The molecule has 1 aliphatic heterocycles. The van der Waals surface area contributed by atoms with E-state index >= 15 is 0 Å². The zero-order chi connectivity index (χ0) is 25.7. The average molecular weight is 488 g/mol. The molecule has 0 saturated heterocycles. The van der Waals surface area contributed by atoms with Gasteiger partial charge in [0.2, 0.25) is 0 Å². The maximum absolute atomic E-state index is 2.45. The molecule has 0 fully saturated rings. The molecule has 0 unspecified atom stereocenters. The predicted octanol–water partition coefficient (Wildman–Crippen LogP) is 10.3. The molecule has 0 saturated carbocycles. The van der Waals surface area contributed by atoms with Crippen LogP contribution in [0.1, 0.15) is 25.0 Å². The van der Waals surface area contributed by atoms with E-state index < -0.39 is 0 Å². The van der Waals surface area contributed by atoms with Crippen molar-refractivity contribution in [2.75, 3.05) is 4.90 Å². The lowest BCUT2D eigenvalue weighted by molar-refractivity contribution is 0.632. The van der Waals surface area contributed by atoms with Crippen molar-refractivity contribution >= 4 is 27.8 Å². The molecule has 1 heterocycles. The number of rotatable bonds is 3. The highest BCUT2D eigenvalue weighted by Gasteiger charge is 2.37. The van der Waals surface area contributed by atoms with Gasteiger partial charge in [-0.3, -0.25) is 0 Å². The minimum atomic E-state index is -0.173. The minimum absolute atomic E-state index is 0.173. The number of hydrogen-bond acceptors (Lipinski definition) is 1. The van der Waals surface area contributed by atoms with Crippen molar-refractivity contribution in [3.05, 3.63) is 151 Å². The van der Waals surface area contributed by atoms with Gasteiger partial charge in [-0.15, -0.1) is 0 Å². The summed E-state index contributed by atoms with van der Waals surface area (Å²) in [5.74, 6) is 0. The Hall–Kier alpha value is -4.62. The number of fused-ring (bicyclic) bond motifs is 3. The molecular weight excluding hydrogens is 458 g/mol. The van der Waals surface area contributed by atoms with Gasteiger partial charge in [-0.2, -0.15) is 0 Å². The van der Waals surface area contributed by atoms with Crippen molar-refractivity contribution < 1.29 is 0 Å². The molecule has 0 aliphatic carbocycles. The second-order valence-electron chi connectivity index (χ2n) is 10.7. The van der Waals surface area contributed by atoms with E-state index in [1.807, 2.05) is 0 Å². The molecule has 1 aliphatic rings. The maximum Gasteiger partial charge on any atom is 0.0503 e. The van der Waals surface area contributed by atoms with Gasteiger partial charge in [-0.05, 0) is 80.6 Å². The molecule has 7 rings (SSSR count). The van der Waals surface area contributed by atoms with E-state index in [-0.39, 0.29) is 5.41 Å². The van der Waals surface area contributed by atoms with Gasteiger partial charge in [-0.25, -0.2) is 0 Å². The van der Waals surface area contributed by atoms with Gasteiger partial charge < -0.3 is 4.90 Å². The molecule has 1 nitrogen and oxygen atoms in total. The van der Waals surface area contributed by atoms with E-state index in [2.05, 4.69) is 158 Å². The van der Waals surface area contributed by atoms with Crippen molar-refractivity contribution in [3.63, 3.8) is 0 Å². The van der Waals surface area contributed by atoms with Crippen LogP contribution in [0, 0.1) is 0 Å². The van der Waals surface area contributed by atoms with E-state index in [1.165, 1.54) is 61.2 Å². The summed E-state index contributed by atoms with van der Waals surface area (Å²) in [6.07, 6.45) is 0. The molecule has 1 heteroatoms. The Balaban J connectivity index is 1.48. The van der Waals surface area contributed by atoms with Crippen LogP contribution in [0.15, 0.2) is 140 Å². The standard InChI is InChI=1S/C37H29N/c1-37(2)33-24-30(26-11-5-3-6-12-26)18-21-35(33)38(32-20-17-28-15-9-10-16-29(28)23-32)36-22-19-31(25-34(36)37)27-13-7-4-8-14-27/h3-25H,1-2H3. The summed E-state index contributed by atoms with van der Waals surface area (Å²) in [5, 5.41) is 2.51. The molecule has 0 N–H and O–H groups in total. The third kappa shape index (κ3) is 3.63. The van der Waals surface area contributed by atoms with Crippen molar-refractivity contribution in [1.82, 2.24) is 0 Å². The molecule has 0 bridgehead atoms. The van der Waals surface area contributed by atoms with Gasteiger partial charge in [0, 0.05) is 11.1 Å². The normalized spacial score (nSPS) is 13.7.